The summed E-state index contributed by atoms with van der Waals surface area (Å²) in [5.41, 5.74) is 4.26. The van der Waals surface area contributed by atoms with Gasteiger partial charge in [0.15, 0.2) is 0 Å². The van der Waals surface area contributed by atoms with Crippen molar-refractivity contribution in [1.82, 2.24) is 9.78 Å². The molecule has 0 saturated heterocycles. The van der Waals surface area contributed by atoms with E-state index < -0.39 is 9.84 Å². The number of rotatable bonds is 9. The van der Waals surface area contributed by atoms with Crippen LogP contribution >= 0.6 is 23.2 Å². The largest absolute Gasteiger partial charge is 0.299 e. The summed E-state index contributed by atoms with van der Waals surface area (Å²) in [6, 6.07) is 14.9. The molecule has 0 aliphatic heterocycles. The van der Waals surface area contributed by atoms with Crippen molar-refractivity contribution in [3.8, 4) is 5.69 Å². The highest BCUT2D eigenvalue weighted by Gasteiger charge is 2.18. The van der Waals surface area contributed by atoms with Gasteiger partial charge in [0, 0.05) is 34.3 Å². The van der Waals surface area contributed by atoms with E-state index in [-0.39, 0.29) is 17.5 Å². The first-order valence-corrected chi connectivity index (χ1v) is 13.2. The van der Waals surface area contributed by atoms with E-state index in [4.69, 9.17) is 23.2 Å². The molecule has 0 aliphatic rings. The summed E-state index contributed by atoms with van der Waals surface area (Å²) in [5, 5.41) is 5.66. The van der Waals surface area contributed by atoms with Crippen LogP contribution in [0.5, 0.6) is 0 Å². The van der Waals surface area contributed by atoms with Gasteiger partial charge in [-0.25, -0.2) is 13.1 Å². The normalized spacial score (nSPS) is 12.7. The molecule has 3 rings (SSSR count). The molecule has 170 valence electrons. The second-order valence-corrected chi connectivity index (χ2v) is 11.2. The quantitative estimate of drug-likeness (QED) is 0.401. The molecule has 0 saturated carbocycles. The third kappa shape index (κ3) is 6.44. The van der Waals surface area contributed by atoms with Gasteiger partial charge in [-0.15, -0.1) is 0 Å². The summed E-state index contributed by atoms with van der Waals surface area (Å²) in [5.74, 6) is -0.179. The predicted molar refractivity (Wildman–Crippen MR) is 130 cm³/mol. The lowest BCUT2D eigenvalue weighted by Crippen LogP contribution is -2.12. The lowest BCUT2D eigenvalue weighted by molar-refractivity contribution is -0.120. The van der Waals surface area contributed by atoms with Crippen LogP contribution < -0.4 is 0 Å². The molecule has 0 aliphatic carbocycles. The average Bonchev–Trinajstić information content (AvgIpc) is 3.10. The van der Waals surface area contributed by atoms with E-state index >= 15 is 0 Å². The van der Waals surface area contributed by atoms with Crippen LogP contribution in [0.4, 0.5) is 0 Å². The molecule has 0 fully saturated rings. The van der Waals surface area contributed by atoms with Crippen molar-refractivity contribution in [3.63, 3.8) is 0 Å². The first-order valence-electron chi connectivity index (χ1n) is 10.3. The van der Waals surface area contributed by atoms with Crippen LogP contribution in [0.3, 0.4) is 0 Å². The average molecular weight is 493 g/mol. The fraction of sp³-hybridized carbons (Fsp3) is 0.333. The van der Waals surface area contributed by atoms with Gasteiger partial charge in [-0.3, -0.25) is 4.79 Å². The predicted octanol–water partition coefficient (Wildman–Crippen LogP) is 5.38. The molecule has 1 aromatic heterocycles. The zero-order chi connectivity index (χ0) is 23.5. The Hall–Kier alpha value is -2.15. The van der Waals surface area contributed by atoms with Gasteiger partial charge in [0.2, 0.25) is 0 Å². The van der Waals surface area contributed by atoms with Gasteiger partial charge in [-0.05, 0) is 61.2 Å². The zero-order valence-electron chi connectivity index (χ0n) is 18.3. The second kappa shape index (κ2) is 10.2. The van der Waals surface area contributed by atoms with E-state index in [1.165, 1.54) is 6.26 Å². The molecule has 2 aromatic carbocycles. The molecule has 0 spiro atoms. The lowest BCUT2D eigenvalue weighted by atomic mass is 9.92. The number of hydrogen-bond acceptors (Lipinski definition) is 4. The molecule has 1 atom stereocenters. The number of sulfone groups is 1. The molecule has 1 heterocycles. The Morgan fingerprint density at radius 3 is 2.50 bits per heavy atom. The number of aryl methyl sites for hydroxylation is 3. The topological polar surface area (TPSA) is 69.0 Å². The van der Waals surface area contributed by atoms with Crippen molar-refractivity contribution in [2.24, 2.45) is 0 Å². The maximum Gasteiger partial charge on any atom is 0.147 e. The SMILES string of the molecule is Cc1cc(CCC(=O)C(C)c2ccc(CCS(C)(=O)=O)c(Cl)c2)n(-c2cccc(Cl)c2)n1. The van der Waals surface area contributed by atoms with Gasteiger partial charge in [0.1, 0.15) is 15.6 Å². The van der Waals surface area contributed by atoms with E-state index in [0.717, 1.165) is 28.2 Å². The highest BCUT2D eigenvalue weighted by molar-refractivity contribution is 7.90. The molecule has 0 radical (unpaired) electrons. The van der Waals surface area contributed by atoms with Gasteiger partial charge in [-0.1, -0.05) is 48.3 Å². The van der Waals surface area contributed by atoms with Crippen molar-refractivity contribution in [1.29, 1.82) is 0 Å². The van der Waals surface area contributed by atoms with Crippen LogP contribution in [-0.4, -0.2) is 36.0 Å². The number of carbonyl (C=O) groups excluding carboxylic acids is 1. The van der Waals surface area contributed by atoms with Crippen molar-refractivity contribution < 1.29 is 13.2 Å². The molecule has 0 amide bonds. The summed E-state index contributed by atoms with van der Waals surface area (Å²) in [4.78, 5) is 12.9. The van der Waals surface area contributed by atoms with Crippen LogP contribution in [0.2, 0.25) is 10.0 Å². The standard InChI is InChI=1S/C24H26Cl2N2O3S/c1-16-13-22(28(27-16)21-6-4-5-20(25)15-21)9-10-24(29)17(2)19-8-7-18(23(26)14-19)11-12-32(3,30)31/h4-8,13-15,17H,9-12H2,1-3H3. The van der Waals surface area contributed by atoms with Gasteiger partial charge in [0.25, 0.3) is 0 Å². The summed E-state index contributed by atoms with van der Waals surface area (Å²) >= 11 is 12.5. The Morgan fingerprint density at radius 2 is 1.84 bits per heavy atom. The summed E-state index contributed by atoms with van der Waals surface area (Å²) < 4.78 is 24.6. The Balaban J connectivity index is 1.69. The number of carbonyl (C=O) groups is 1. The minimum atomic E-state index is -3.06. The number of ketones is 1. The third-order valence-corrected chi connectivity index (χ3v) is 6.92. The van der Waals surface area contributed by atoms with E-state index in [1.807, 2.05) is 61.0 Å². The molecule has 32 heavy (non-hydrogen) atoms. The third-order valence-electron chi connectivity index (χ3n) is 5.39. The molecular weight excluding hydrogens is 467 g/mol. The molecule has 1 unspecified atom stereocenters. The number of Topliss-reactive ketones (excluding diaryl/α,β-unsaturated/α-hetero) is 1. The zero-order valence-corrected chi connectivity index (χ0v) is 20.6. The van der Waals surface area contributed by atoms with Crippen LogP contribution in [0, 0.1) is 6.92 Å². The fourth-order valence-electron chi connectivity index (χ4n) is 3.55. The van der Waals surface area contributed by atoms with Crippen LogP contribution in [0.25, 0.3) is 5.69 Å². The Kier molecular flexibility index (Phi) is 7.80. The maximum atomic E-state index is 12.9. The van der Waals surface area contributed by atoms with Crippen LogP contribution in [-0.2, 0) is 27.5 Å². The number of halogens is 2. The summed E-state index contributed by atoms with van der Waals surface area (Å²) in [6.07, 6.45) is 2.47. The Labute approximate surface area is 199 Å². The van der Waals surface area contributed by atoms with Gasteiger partial charge in [-0.2, -0.15) is 5.10 Å². The van der Waals surface area contributed by atoms with Crippen LogP contribution in [0.15, 0.2) is 48.5 Å². The fourth-order valence-corrected chi connectivity index (χ4v) is 4.61. The minimum absolute atomic E-state index is 0.0419. The van der Waals surface area contributed by atoms with Crippen molar-refractivity contribution in [3.05, 3.63) is 81.1 Å². The molecule has 0 bridgehead atoms. The lowest BCUT2D eigenvalue weighted by Gasteiger charge is -2.14. The monoisotopic (exact) mass is 492 g/mol. The molecule has 8 heteroatoms. The smallest absolute Gasteiger partial charge is 0.147 e. The Bertz CT molecular complexity index is 1240. The van der Waals surface area contributed by atoms with Gasteiger partial charge in [0.05, 0.1) is 17.1 Å². The minimum Gasteiger partial charge on any atom is -0.299 e. The summed E-state index contributed by atoms with van der Waals surface area (Å²) in [6.45, 7) is 3.78. The highest BCUT2D eigenvalue weighted by atomic mass is 35.5. The number of nitrogens with zero attached hydrogens (tertiary/aromatic N) is 2. The molecule has 0 N–H and O–H groups in total. The van der Waals surface area contributed by atoms with E-state index in [1.54, 1.807) is 6.07 Å². The Morgan fingerprint density at radius 1 is 1.09 bits per heavy atom. The number of aromatic nitrogens is 2. The number of benzene rings is 2. The summed E-state index contributed by atoms with van der Waals surface area (Å²) in [7, 11) is -3.06. The van der Waals surface area contributed by atoms with Crippen LogP contribution in [0.1, 0.15) is 41.8 Å². The van der Waals surface area contributed by atoms with Crippen molar-refractivity contribution >= 4 is 38.8 Å². The molecular formula is C24H26Cl2N2O3S. The first-order chi connectivity index (χ1) is 15.0. The maximum absolute atomic E-state index is 12.9. The molecule has 3 aromatic rings. The first kappa shape index (κ1) is 24.5. The van der Waals surface area contributed by atoms with E-state index in [0.29, 0.717) is 29.3 Å². The van der Waals surface area contributed by atoms with Gasteiger partial charge >= 0.3 is 0 Å². The number of hydrogen-bond donors (Lipinski definition) is 0. The van der Waals surface area contributed by atoms with E-state index in [2.05, 4.69) is 5.10 Å². The van der Waals surface area contributed by atoms with E-state index in [9.17, 15) is 13.2 Å². The second-order valence-electron chi connectivity index (χ2n) is 8.09. The van der Waals surface area contributed by atoms with Crippen molar-refractivity contribution in [2.75, 3.05) is 12.0 Å². The van der Waals surface area contributed by atoms with Crippen molar-refractivity contribution in [2.45, 2.75) is 39.0 Å². The highest BCUT2D eigenvalue weighted by Crippen LogP contribution is 2.26. The molecule has 5 nitrogen and oxygen atoms in total. The van der Waals surface area contributed by atoms with Gasteiger partial charge < -0.3 is 0 Å².